The van der Waals surface area contributed by atoms with Gasteiger partial charge in [0.25, 0.3) is 5.91 Å². The van der Waals surface area contributed by atoms with Crippen molar-refractivity contribution in [3.63, 3.8) is 0 Å². The Morgan fingerprint density at radius 3 is 2.52 bits per heavy atom. The van der Waals surface area contributed by atoms with Crippen LogP contribution in [0.25, 0.3) is 0 Å². The van der Waals surface area contributed by atoms with Crippen LogP contribution in [0, 0.1) is 10.5 Å². The normalized spacial score (nSPS) is 10.1. The van der Waals surface area contributed by atoms with Gasteiger partial charge in [-0.15, -0.1) is 0 Å². The van der Waals surface area contributed by atoms with Crippen LogP contribution in [-0.2, 0) is 4.79 Å². The van der Waals surface area contributed by atoms with Crippen molar-refractivity contribution in [2.45, 2.75) is 13.8 Å². The van der Waals surface area contributed by atoms with Crippen LogP contribution in [0.4, 0.5) is 11.4 Å². The zero-order valence-corrected chi connectivity index (χ0v) is 17.1. The summed E-state index contributed by atoms with van der Waals surface area (Å²) >= 11 is 7.40. The van der Waals surface area contributed by atoms with Gasteiger partial charge < -0.3 is 10.2 Å². The molecule has 7 heteroatoms. The smallest absolute Gasteiger partial charge is 0.257 e. The molecule has 0 aliphatic rings. The lowest BCUT2D eigenvalue weighted by molar-refractivity contribution is -0.116. The molecule has 0 fully saturated rings. The molecular formula is C18H18IN3O2S. The molecule has 0 heterocycles. The summed E-state index contributed by atoms with van der Waals surface area (Å²) < 4.78 is 1.02. The molecule has 0 radical (unpaired) electrons. The molecule has 25 heavy (non-hydrogen) atoms. The number of aryl methyl sites for hydroxylation is 1. The third-order valence-corrected chi connectivity index (χ3v) is 4.99. The second-order valence-corrected chi connectivity index (χ2v) is 7.07. The third kappa shape index (κ3) is 5.23. The van der Waals surface area contributed by atoms with Crippen LogP contribution in [0.3, 0.4) is 0 Å². The summed E-state index contributed by atoms with van der Waals surface area (Å²) in [5.41, 5.74) is 3.09. The number of carbonyl (C=O) groups excluding carboxylic acids is 2. The van der Waals surface area contributed by atoms with Gasteiger partial charge in [0, 0.05) is 34.5 Å². The fourth-order valence-electron chi connectivity index (χ4n) is 2.05. The minimum Gasteiger partial charge on any atom is -0.332 e. The fraction of sp³-hybridized carbons (Fsp3) is 0.167. The average Bonchev–Trinajstić information content (AvgIpc) is 2.56. The highest BCUT2D eigenvalue weighted by Gasteiger charge is 2.10. The number of rotatable bonds is 3. The predicted molar refractivity (Wildman–Crippen MR) is 113 cm³/mol. The van der Waals surface area contributed by atoms with Gasteiger partial charge in [0.05, 0.1) is 0 Å². The van der Waals surface area contributed by atoms with Crippen LogP contribution in [0.1, 0.15) is 22.8 Å². The maximum atomic E-state index is 12.3. The van der Waals surface area contributed by atoms with Crippen LogP contribution < -0.4 is 15.5 Å². The molecule has 2 rings (SSSR count). The predicted octanol–water partition coefficient (Wildman–Crippen LogP) is 3.71. The fourth-order valence-corrected chi connectivity index (χ4v) is 2.77. The van der Waals surface area contributed by atoms with Gasteiger partial charge in [-0.05, 0) is 77.6 Å². The van der Waals surface area contributed by atoms with E-state index in [1.165, 1.54) is 11.8 Å². The summed E-state index contributed by atoms with van der Waals surface area (Å²) in [6, 6.07) is 12.7. The highest BCUT2D eigenvalue weighted by Crippen LogP contribution is 2.18. The van der Waals surface area contributed by atoms with Crippen LogP contribution in [0.5, 0.6) is 0 Å². The number of nitrogens with one attached hydrogen (secondary N) is 2. The number of hydrogen-bond acceptors (Lipinski definition) is 3. The number of halogens is 1. The lowest BCUT2D eigenvalue weighted by atomic mass is 10.1. The van der Waals surface area contributed by atoms with Gasteiger partial charge in [-0.1, -0.05) is 12.1 Å². The SMILES string of the molecule is CC(=O)N(C)c1cccc(NC(=S)NC(=O)c2ccc(C)c(I)c2)c1. The molecule has 0 aromatic heterocycles. The highest BCUT2D eigenvalue weighted by atomic mass is 127. The molecule has 0 atom stereocenters. The van der Waals surface area contributed by atoms with E-state index in [0.29, 0.717) is 11.3 Å². The van der Waals surface area contributed by atoms with Gasteiger partial charge in [-0.25, -0.2) is 0 Å². The Bertz CT molecular complexity index is 839. The van der Waals surface area contributed by atoms with Gasteiger partial charge in [-0.3, -0.25) is 14.9 Å². The molecule has 5 nitrogen and oxygen atoms in total. The molecule has 2 amide bonds. The topological polar surface area (TPSA) is 61.4 Å². The zero-order valence-electron chi connectivity index (χ0n) is 14.1. The van der Waals surface area contributed by atoms with E-state index in [0.717, 1.165) is 14.8 Å². The molecule has 2 aromatic rings. The van der Waals surface area contributed by atoms with Crippen molar-refractivity contribution in [1.82, 2.24) is 5.32 Å². The lowest BCUT2D eigenvalue weighted by Gasteiger charge is -2.16. The monoisotopic (exact) mass is 467 g/mol. The first kappa shape index (κ1) is 19.3. The first-order chi connectivity index (χ1) is 11.8. The van der Waals surface area contributed by atoms with E-state index >= 15 is 0 Å². The Kier molecular flexibility index (Phi) is 6.49. The Morgan fingerprint density at radius 1 is 1.16 bits per heavy atom. The summed E-state index contributed by atoms with van der Waals surface area (Å²) in [7, 11) is 1.69. The first-order valence-corrected chi connectivity index (χ1v) is 8.99. The molecule has 2 aromatic carbocycles. The zero-order chi connectivity index (χ0) is 18.6. The van der Waals surface area contributed by atoms with Gasteiger partial charge in [0.15, 0.2) is 5.11 Å². The number of amides is 2. The molecule has 2 N–H and O–H groups in total. The highest BCUT2D eigenvalue weighted by molar-refractivity contribution is 14.1. The number of anilines is 2. The standard InChI is InChI=1S/C18H18IN3O2S/c1-11-7-8-13(9-16(11)19)17(24)21-18(25)20-14-5-4-6-15(10-14)22(3)12(2)23/h4-10H,1-3H3,(H2,20,21,24,25). The minimum atomic E-state index is -0.271. The summed E-state index contributed by atoms with van der Waals surface area (Å²) in [6.45, 7) is 3.48. The summed E-state index contributed by atoms with van der Waals surface area (Å²) in [4.78, 5) is 25.3. The molecule has 0 unspecified atom stereocenters. The minimum absolute atomic E-state index is 0.0676. The van der Waals surface area contributed by atoms with E-state index < -0.39 is 0 Å². The summed E-state index contributed by atoms with van der Waals surface area (Å²) in [6.07, 6.45) is 0. The van der Waals surface area contributed by atoms with Gasteiger partial charge in [0.1, 0.15) is 0 Å². The van der Waals surface area contributed by atoms with Gasteiger partial charge >= 0.3 is 0 Å². The maximum absolute atomic E-state index is 12.3. The second-order valence-electron chi connectivity index (χ2n) is 5.50. The van der Waals surface area contributed by atoms with Crippen LogP contribution in [0.2, 0.25) is 0 Å². The molecule has 0 saturated heterocycles. The molecule has 0 aliphatic heterocycles. The van der Waals surface area contributed by atoms with Crippen molar-refractivity contribution >= 4 is 63.1 Å². The number of nitrogens with zero attached hydrogens (tertiary/aromatic N) is 1. The van der Waals surface area contributed by atoms with Crippen molar-refractivity contribution in [3.05, 3.63) is 57.2 Å². The second kappa shape index (κ2) is 8.39. The van der Waals surface area contributed by atoms with E-state index in [1.807, 2.05) is 37.3 Å². The number of hydrogen-bond donors (Lipinski definition) is 2. The van der Waals surface area contributed by atoms with Crippen molar-refractivity contribution in [2.24, 2.45) is 0 Å². The van der Waals surface area contributed by atoms with E-state index in [2.05, 4.69) is 33.2 Å². The number of benzene rings is 2. The molecule has 0 aliphatic carbocycles. The molecule has 0 bridgehead atoms. The molecule has 130 valence electrons. The molecule has 0 saturated carbocycles. The van der Waals surface area contributed by atoms with Crippen molar-refractivity contribution in [1.29, 1.82) is 0 Å². The van der Waals surface area contributed by atoms with Crippen molar-refractivity contribution < 1.29 is 9.59 Å². The maximum Gasteiger partial charge on any atom is 0.257 e. The Labute approximate surface area is 165 Å². The first-order valence-electron chi connectivity index (χ1n) is 7.51. The number of thiocarbonyl (C=S) groups is 1. The van der Waals surface area contributed by atoms with Crippen LogP contribution in [-0.4, -0.2) is 24.0 Å². The molecule has 0 spiro atoms. The Balaban J connectivity index is 2.04. The van der Waals surface area contributed by atoms with E-state index in [9.17, 15) is 9.59 Å². The van der Waals surface area contributed by atoms with E-state index in [-0.39, 0.29) is 16.9 Å². The van der Waals surface area contributed by atoms with Crippen LogP contribution in [0.15, 0.2) is 42.5 Å². The summed E-state index contributed by atoms with van der Waals surface area (Å²) in [5, 5.41) is 5.82. The molecular weight excluding hydrogens is 449 g/mol. The average molecular weight is 467 g/mol. The quantitative estimate of drug-likeness (QED) is 0.534. The lowest BCUT2D eigenvalue weighted by Crippen LogP contribution is -2.34. The van der Waals surface area contributed by atoms with Gasteiger partial charge in [-0.2, -0.15) is 0 Å². The number of carbonyl (C=O) groups is 2. The van der Waals surface area contributed by atoms with E-state index in [1.54, 1.807) is 19.2 Å². The van der Waals surface area contributed by atoms with Crippen molar-refractivity contribution in [3.8, 4) is 0 Å². The Morgan fingerprint density at radius 2 is 1.88 bits per heavy atom. The Hall–Kier alpha value is -2.00. The largest absolute Gasteiger partial charge is 0.332 e. The van der Waals surface area contributed by atoms with E-state index in [4.69, 9.17) is 12.2 Å². The van der Waals surface area contributed by atoms with Crippen molar-refractivity contribution in [2.75, 3.05) is 17.3 Å². The summed E-state index contributed by atoms with van der Waals surface area (Å²) in [5.74, 6) is -0.338. The van der Waals surface area contributed by atoms with Crippen LogP contribution >= 0.6 is 34.8 Å². The van der Waals surface area contributed by atoms with Gasteiger partial charge in [0.2, 0.25) is 5.91 Å². The third-order valence-electron chi connectivity index (χ3n) is 3.62.